The minimum atomic E-state index is -0.0465. The van der Waals surface area contributed by atoms with Crippen molar-refractivity contribution in [3.05, 3.63) is 35.8 Å². The second-order valence-corrected chi connectivity index (χ2v) is 3.03. The largest absolute Gasteiger partial charge is 0.390 e. The first-order valence-electron chi connectivity index (χ1n) is 4.39. The first kappa shape index (κ1) is 8.90. The van der Waals surface area contributed by atoms with Gasteiger partial charge >= 0.3 is 0 Å². The minimum Gasteiger partial charge on any atom is -0.390 e. The van der Waals surface area contributed by atoms with Crippen molar-refractivity contribution >= 4 is 0 Å². The molecule has 2 rings (SSSR count). The second kappa shape index (κ2) is 3.59. The lowest BCUT2D eigenvalue weighted by molar-refractivity contribution is 0.276. The highest BCUT2D eigenvalue weighted by molar-refractivity contribution is 5.49. The van der Waals surface area contributed by atoms with E-state index >= 15 is 0 Å². The van der Waals surface area contributed by atoms with E-state index < -0.39 is 0 Å². The third-order valence-corrected chi connectivity index (χ3v) is 2.04. The molecule has 2 N–H and O–H groups in total. The molecule has 0 aliphatic carbocycles. The summed E-state index contributed by atoms with van der Waals surface area (Å²) in [6, 6.07) is 5.63. The maximum atomic E-state index is 8.98. The summed E-state index contributed by atoms with van der Waals surface area (Å²) in [5.41, 5.74) is 2.34. The predicted octanol–water partition coefficient (Wildman–Crippen LogP) is 1.27. The van der Waals surface area contributed by atoms with E-state index in [0.29, 0.717) is 11.5 Å². The molecule has 0 radical (unpaired) electrons. The van der Waals surface area contributed by atoms with E-state index in [2.05, 4.69) is 15.0 Å². The van der Waals surface area contributed by atoms with Crippen molar-refractivity contribution in [2.24, 2.45) is 0 Å². The van der Waals surface area contributed by atoms with Gasteiger partial charge in [0.15, 0.2) is 5.82 Å². The van der Waals surface area contributed by atoms with Crippen molar-refractivity contribution in [3.63, 3.8) is 0 Å². The van der Waals surface area contributed by atoms with Crippen LogP contribution in [0.2, 0.25) is 0 Å². The predicted molar refractivity (Wildman–Crippen MR) is 52.5 cm³/mol. The van der Waals surface area contributed by atoms with Crippen LogP contribution in [0.3, 0.4) is 0 Å². The van der Waals surface area contributed by atoms with Crippen molar-refractivity contribution in [1.29, 1.82) is 0 Å². The van der Waals surface area contributed by atoms with Crippen LogP contribution in [-0.2, 0) is 6.61 Å². The number of imidazole rings is 1. The van der Waals surface area contributed by atoms with Crippen LogP contribution >= 0.6 is 0 Å². The molecule has 14 heavy (non-hydrogen) atoms. The smallest absolute Gasteiger partial charge is 0.156 e. The Morgan fingerprint density at radius 2 is 2.29 bits per heavy atom. The van der Waals surface area contributed by atoms with E-state index in [1.165, 1.54) is 0 Å². The molecule has 0 aliphatic rings. The fourth-order valence-corrected chi connectivity index (χ4v) is 1.27. The van der Waals surface area contributed by atoms with Gasteiger partial charge in [-0.25, -0.2) is 4.98 Å². The number of aryl methyl sites for hydroxylation is 1. The Labute approximate surface area is 81.7 Å². The molecular formula is C10H11N3O. The van der Waals surface area contributed by atoms with Gasteiger partial charge in [-0.05, 0) is 19.1 Å². The van der Waals surface area contributed by atoms with Crippen molar-refractivity contribution in [2.75, 3.05) is 0 Å². The first-order valence-corrected chi connectivity index (χ1v) is 4.39. The summed E-state index contributed by atoms with van der Waals surface area (Å²) in [5, 5.41) is 8.98. The van der Waals surface area contributed by atoms with Gasteiger partial charge in [0.25, 0.3) is 0 Å². The van der Waals surface area contributed by atoms with E-state index in [-0.39, 0.29) is 6.61 Å². The van der Waals surface area contributed by atoms with Gasteiger partial charge < -0.3 is 10.1 Å². The minimum absolute atomic E-state index is 0.0465. The Morgan fingerprint density at radius 3 is 2.86 bits per heavy atom. The number of hydrogen-bond acceptors (Lipinski definition) is 3. The molecule has 0 bridgehead atoms. The second-order valence-electron chi connectivity index (χ2n) is 3.03. The number of nitrogens with one attached hydrogen (secondary N) is 1. The molecular weight excluding hydrogens is 178 g/mol. The van der Waals surface area contributed by atoms with Gasteiger partial charge in [0.05, 0.1) is 12.3 Å². The molecule has 4 heteroatoms. The lowest BCUT2D eigenvalue weighted by Gasteiger charge is -1.92. The van der Waals surface area contributed by atoms with E-state index in [9.17, 15) is 0 Å². The van der Waals surface area contributed by atoms with Crippen LogP contribution in [0.4, 0.5) is 0 Å². The first-order chi connectivity index (χ1) is 6.81. The van der Waals surface area contributed by atoms with Crippen LogP contribution in [0.5, 0.6) is 0 Å². The van der Waals surface area contributed by atoms with Gasteiger partial charge in [-0.3, -0.25) is 4.98 Å². The van der Waals surface area contributed by atoms with Gasteiger partial charge in [-0.2, -0.15) is 0 Å². The van der Waals surface area contributed by atoms with Gasteiger partial charge in [0, 0.05) is 11.9 Å². The zero-order valence-electron chi connectivity index (χ0n) is 7.86. The van der Waals surface area contributed by atoms with Crippen molar-refractivity contribution < 1.29 is 5.11 Å². The fourth-order valence-electron chi connectivity index (χ4n) is 1.27. The number of pyridine rings is 1. The molecule has 2 aromatic heterocycles. The lowest BCUT2D eigenvalue weighted by atomic mass is 10.3. The lowest BCUT2D eigenvalue weighted by Crippen LogP contribution is -1.86. The standard InChI is InChI=1S/C10H11N3O/c1-7-9(6-14)13-10(12-7)8-4-2-3-5-11-8/h2-5,14H,6H2,1H3,(H,12,13). The molecule has 0 amide bonds. The van der Waals surface area contributed by atoms with Crippen molar-refractivity contribution in [3.8, 4) is 11.5 Å². The monoisotopic (exact) mass is 189 g/mol. The normalized spacial score (nSPS) is 10.4. The summed E-state index contributed by atoms with van der Waals surface area (Å²) in [4.78, 5) is 11.5. The van der Waals surface area contributed by atoms with E-state index in [0.717, 1.165) is 11.4 Å². The molecule has 0 spiro atoms. The van der Waals surface area contributed by atoms with E-state index in [4.69, 9.17) is 5.11 Å². The Balaban J connectivity index is 2.43. The molecule has 0 aromatic carbocycles. The zero-order valence-corrected chi connectivity index (χ0v) is 7.86. The number of aliphatic hydroxyl groups is 1. The average Bonchev–Trinajstić information content (AvgIpc) is 2.61. The van der Waals surface area contributed by atoms with Crippen LogP contribution in [0.25, 0.3) is 11.5 Å². The maximum Gasteiger partial charge on any atom is 0.156 e. The van der Waals surface area contributed by atoms with E-state index in [1.54, 1.807) is 6.20 Å². The number of rotatable bonds is 2. The summed E-state index contributed by atoms with van der Waals surface area (Å²) in [7, 11) is 0. The van der Waals surface area contributed by atoms with Crippen molar-refractivity contribution in [1.82, 2.24) is 15.0 Å². The van der Waals surface area contributed by atoms with Gasteiger partial charge in [0.1, 0.15) is 5.69 Å². The molecule has 0 aliphatic heterocycles. The number of aliphatic hydroxyl groups excluding tert-OH is 1. The molecule has 0 unspecified atom stereocenters. The molecule has 0 fully saturated rings. The van der Waals surface area contributed by atoms with Gasteiger partial charge in [-0.1, -0.05) is 6.07 Å². The Morgan fingerprint density at radius 1 is 1.43 bits per heavy atom. The zero-order chi connectivity index (χ0) is 9.97. The summed E-state index contributed by atoms with van der Waals surface area (Å²) in [5.74, 6) is 0.701. The highest BCUT2D eigenvalue weighted by Gasteiger charge is 2.07. The number of aromatic amines is 1. The number of hydrogen-bond donors (Lipinski definition) is 2. The number of H-pyrrole nitrogens is 1. The fraction of sp³-hybridized carbons (Fsp3) is 0.200. The summed E-state index contributed by atoms with van der Waals surface area (Å²) in [6.07, 6.45) is 1.71. The Kier molecular flexibility index (Phi) is 2.28. The molecule has 0 saturated carbocycles. The van der Waals surface area contributed by atoms with Crippen LogP contribution < -0.4 is 0 Å². The highest BCUT2D eigenvalue weighted by Crippen LogP contribution is 2.14. The van der Waals surface area contributed by atoms with Crippen LogP contribution in [0.1, 0.15) is 11.4 Å². The molecule has 0 saturated heterocycles. The summed E-state index contributed by atoms with van der Waals surface area (Å²) >= 11 is 0. The summed E-state index contributed by atoms with van der Waals surface area (Å²) in [6.45, 7) is 1.83. The van der Waals surface area contributed by atoms with Crippen LogP contribution in [-0.4, -0.2) is 20.1 Å². The Bertz CT molecular complexity index is 422. The third kappa shape index (κ3) is 1.52. The van der Waals surface area contributed by atoms with Gasteiger partial charge in [-0.15, -0.1) is 0 Å². The molecule has 2 aromatic rings. The quantitative estimate of drug-likeness (QED) is 0.747. The Hall–Kier alpha value is -1.68. The van der Waals surface area contributed by atoms with E-state index in [1.807, 2.05) is 25.1 Å². The average molecular weight is 189 g/mol. The summed E-state index contributed by atoms with van der Waals surface area (Å²) < 4.78 is 0. The van der Waals surface area contributed by atoms with Crippen LogP contribution in [0, 0.1) is 6.92 Å². The number of aromatic nitrogens is 3. The SMILES string of the molecule is Cc1[nH]c(-c2ccccn2)nc1CO. The molecule has 72 valence electrons. The third-order valence-electron chi connectivity index (χ3n) is 2.04. The molecule has 4 nitrogen and oxygen atoms in total. The van der Waals surface area contributed by atoms with Crippen LogP contribution in [0.15, 0.2) is 24.4 Å². The molecule has 0 atom stereocenters. The highest BCUT2D eigenvalue weighted by atomic mass is 16.3. The van der Waals surface area contributed by atoms with Crippen molar-refractivity contribution in [2.45, 2.75) is 13.5 Å². The topological polar surface area (TPSA) is 61.8 Å². The molecule has 2 heterocycles. The number of nitrogens with zero attached hydrogens (tertiary/aromatic N) is 2. The maximum absolute atomic E-state index is 8.98. The van der Waals surface area contributed by atoms with Gasteiger partial charge in [0.2, 0.25) is 0 Å².